The van der Waals surface area contributed by atoms with E-state index in [1.807, 2.05) is 19.1 Å². The van der Waals surface area contributed by atoms with Gasteiger partial charge >= 0.3 is 0 Å². The lowest BCUT2D eigenvalue weighted by molar-refractivity contribution is -0.115. The Kier molecular flexibility index (Phi) is 3.85. The van der Waals surface area contributed by atoms with Crippen LogP contribution in [0.5, 0.6) is 11.5 Å². The van der Waals surface area contributed by atoms with Crippen molar-refractivity contribution in [3.8, 4) is 11.5 Å². The standard InChI is InChI=1S/C14H16N2O3/c1-4-13-15-11(14(17)16-13)7-9-5-6-10(18-2)8-12(9)19-3/h5-8H,4H2,1-3H3,(H,15,16,17)/b11-7+. The first-order chi connectivity index (χ1) is 9.17. The van der Waals surface area contributed by atoms with Gasteiger partial charge in [-0.25, -0.2) is 4.99 Å². The first kappa shape index (κ1) is 13.1. The van der Waals surface area contributed by atoms with Crippen LogP contribution in [0.4, 0.5) is 0 Å². The van der Waals surface area contributed by atoms with E-state index < -0.39 is 0 Å². The van der Waals surface area contributed by atoms with E-state index in [4.69, 9.17) is 9.47 Å². The van der Waals surface area contributed by atoms with Gasteiger partial charge in [0.05, 0.1) is 14.2 Å². The molecule has 2 rings (SSSR count). The number of hydrogen-bond donors (Lipinski definition) is 1. The van der Waals surface area contributed by atoms with Crippen molar-refractivity contribution >= 4 is 17.8 Å². The van der Waals surface area contributed by atoms with Crippen molar-refractivity contribution in [2.45, 2.75) is 13.3 Å². The van der Waals surface area contributed by atoms with Crippen LogP contribution in [0.2, 0.25) is 0 Å². The van der Waals surface area contributed by atoms with Gasteiger partial charge in [-0.15, -0.1) is 0 Å². The molecule has 1 heterocycles. The number of amides is 1. The second-order valence-corrected chi connectivity index (χ2v) is 4.00. The lowest BCUT2D eigenvalue weighted by atomic mass is 10.1. The molecule has 1 aromatic rings. The molecule has 1 amide bonds. The SMILES string of the molecule is CCC1=N/C(=C/c2ccc(OC)cc2OC)C(=O)N1. The van der Waals surface area contributed by atoms with Gasteiger partial charge in [0, 0.05) is 18.1 Å². The third-order valence-corrected chi connectivity index (χ3v) is 2.81. The number of ether oxygens (including phenoxy) is 2. The Bertz CT molecular complexity index is 562. The van der Waals surface area contributed by atoms with Crippen molar-refractivity contribution in [1.82, 2.24) is 5.32 Å². The van der Waals surface area contributed by atoms with E-state index in [-0.39, 0.29) is 5.91 Å². The summed E-state index contributed by atoms with van der Waals surface area (Å²) in [7, 11) is 3.17. The highest BCUT2D eigenvalue weighted by Gasteiger charge is 2.19. The van der Waals surface area contributed by atoms with Gasteiger partial charge in [-0.2, -0.15) is 0 Å². The summed E-state index contributed by atoms with van der Waals surface area (Å²) in [5, 5.41) is 2.71. The first-order valence-corrected chi connectivity index (χ1v) is 6.00. The predicted octanol–water partition coefficient (Wildman–Crippen LogP) is 1.98. The fourth-order valence-electron chi connectivity index (χ4n) is 1.77. The molecule has 1 N–H and O–H groups in total. The lowest BCUT2D eigenvalue weighted by Crippen LogP contribution is -2.23. The average Bonchev–Trinajstić information content (AvgIpc) is 2.80. The van der Waals surface area contributed by atoms with Crippen LogP contribution < -0.4 is 14.8 Å². The average molecular weight is 260 g/mol. The summed E-state index contributed by atoms with van der Waals surface area (Å²) in [5.74, 6) is 1.84. The molecule has 0 saturated heterocycles. The zero-order valence-electron chi connectivity index (χ0n) is 11.2. The van der Waals surface area contributed by atoms with E-state index in [1.165, 1.54) is 0 Å². The molecular weight excluding hydrogens is 244 g/mol. The number of hydrogen-bond acceptors (Lipinski definition) is 4. The third-order valence-electron chi connectivity index (χ3n) is 2.81. The minimum absolute atomic E-state index is 0.185. The number of amidine groups is 1. The normalized spacial score (nSPS) is 16.3. The largest absolute Gasteiger partial charge is 0.497 e. The summed E-state index contributed by atoms with van der Waals surface area (Å²) in [6.07, 6.45) is 2.40. The van der Waals surface area contributed by atoms with Gasteiger partial charge in [0.15, 0.2) is 0 Å². The number of carbonyl (C=O) groups is 1. The molecule has 0 aromatic heterocycles. The molecule has 0 fully saturated rings. The monoisotopic (exact) mass is 260 g/mol. The van der Waals surface area contributed by atoms with Crippen LogP contribution in [0.1, 0.15) is 18.9 Å². The van der Waals surface area contributed by atoms with Gasteiger partial charge in [0.25, 0.3) is 5.91 Å². The van der Waals surface area contributed by atoms with Crippen molar-refractivity contribution in [3.63, 3.8) is 0 Å². The Hall–Kier alpha value is -2.30. The van der Waals surface area contributed by atoms with Gasteiger partial charge in [0.2, 0.25) is 0 Å². The first-order valence-electron chi connectivity index (χ1n) is 6.00. The van der Waals surface area contributed by atoms with E-state index in [1.54, 1.807) is 26.4 Å². The number of aliphatic imine (C=N–C) groups is 1. The van der Waals surface area contributed by atoms with Crippen LogP contribution in [0.25, 0.3) is 6.08 Å². The minimum Gasteiger partial charge on any atom is -0.497 e. The van der Waals surface area contributed by atoms with Gasteiger partial charge in [-0.1, -0.05) is 6.92 Å². The minimum atomic E-state index is -0.185. The van der Waals surface area contributed by atoms with E-state index in [2.05, 4.69) is 10.3 Å². The Morgan fingerprint density at radius 1 is 1.32 bits per heavy atom. The van der Waals surface area contributed by atoms with Crippen LogP contribution in [0.3, 0.4) is 0 Å². The molecule has 0 radical (unpaired) electrons. The number of nitrogens with one attached hydrogen (secondary N) is 1. The Balaban J connectivity index is 2.37. The summed E-state index contributed by atoms with van der Waals surface area (Å²) in [4.78, 5) is 15.9. The molecule has 0 aliphatic carbocycles. The molecule has 0 unspecified atom stereocenters. The highest BCUT2D eigenvalue weighted by atomic mass is 16.5. The zero-order chi connectivity index (χ0) is 13.8. The highest BCUT2D eigenvalue weighted by Crippen LogP contribution is 2.27. The Morgan fingerprint density at radius 2 is 2.11 bits per heavy atom. The topological polar surface area (TPSA) is 59.9 Å². The molecule has 1 aliphatic heterocycles. The quantitative estimate of drug-likeness (QED) is 0.842. The third kappa shape index (κ3) is 2.76. The van der Waals surface area contributed by atoms with E-state index in [0.717, 1.165) is 5.56 Å². The maximum absolute atomic E-state index is 11.7. The number of benzene rings is 1. The summed E-state index contributed by atoms with van der Waals surface area (Å²) >= 11 is 0. The molecule has 0 spiro atoms. The second kappa shape index (κ2) is 5.56. The smallest absolute Gasteiger partial charge is 0.275 e. The maximum atomic E-state index is 11.7. The molecule has 1 aliphatic rings. The van der Waals surface area contributed by atoms with Crippen LogP contribution in [-0.2, 0) is 4.79 Å². The molecule has 100 valence electrons. The fraction of sp³-hybridized carbons (Fsp3) is 0.286. The molecule has 19 heavy (non-hydrogen) atoms. The molecule has 0 bridgehead atoms. The molecule has 1 aromatic carbocycles. The van der Waals surface area contributed by atoms with E-state index >= 15 is 0 Å². The summed E-state index contributed by atoms with van der Waals surface area (Å²) < 4.78 is 10.4. The summed E-state index contributed by atoms with van der Waals surface area (Å²) in [6, 6.07) is 5.41. The predicted molar refractivity (Wildman–Crippen MR) is 73.4 cm³/mol. The molecule has 0 atom stereocenters. The van der Waals surface area contributed by atoms with Crippen LogP contribution in [0.15, 0.2) is 28.9 Å². The number of rotatable bonds is 4. The van der Waals surface area contributed by atoms with Gasteiger partial charge in [-0.3, -0.25) is 4.79 Å². The number of nitrogens with zero attached hydrogens (tertiary/aromatic N) is 1. The summed E-state index contributed by atoms with van der Waals surface area (Å²) in [6.45, 7) is 1.94. The van der Waals surface area contributed by atoms with Gasteiger partial charge in [-0.05, 0) is 18.2 Å². The molecule has 0 saturated carbocycles. The highest BCUT2D eigenvalue weighted by molar-refractivity contribution is 6.14. The lowest BCUT2D eigenvalue weighted by Gasteiger charge is -2.07. The van der Waals surface area contributed by atoms with Crippen LogP contribution in [0, 0.1) is 0 Å². The fourth-order valence-corrected chi connectivity index (χ4v) is 1.77. The van der Waals surface area contributed by atoms with Gasteiger partial charge in [0.1, 0.15) is 23.0 Å². The number of carbonyl (C=O) groups excluding carboxylic acids is 1. The Labute approximate surface area is 111 Å². The summed E-state index contributed by atoms with van der Waals surface area (Å²) in [5.41, 5.74) is 1.18. The van der Waals surface area contributed by atoms with E-state index in [0.29, 0.717) is 29.5 Å². The second-order valence-electron chi connectivity index (χ2n) is 4.00. The molecule has 5 nitrogen and oxygen atoms in total. The Morgan fingerprint density at radius 3 is 2.68 bits per heavy atom. The zero-order valence-corrected chi connectivity index (χ0v) is 11.2. The van der Waals surface area contributed by atoms with Crippen molar-refractivity contribution < 1.29 is 14.3 Å². The van der Waals surface area contributed by atoms with Crippen LogP contribution >= 0.6 is 0 Å². The molecular formula is C14H16N2O3. The van der Waals surface area contributed by atoms with Crippen molar-refractivity contribution in [1.29, 1.82) is 0 Å². The van der Waals surface area contributed by atoms with E-state index in [9.17, 15) is 4.79 Å². The van der Waals surface area contributed by atoms with Crippen molar-refractivity contribution in [2.24, 2.45) is 4.99 Å². The maximum Gasteiger partial charge on any atom is 0.275 e. The number of methoxy groups -OCH3 is 2. The van der Waals surface area contributed by atoms with Gasteiger partial charge < -0.3 is 14.8 Å². The van der Waals surface area contributed by atoms with Crippen molar-refractivity contribution in [3.05, 3.63) is 29.5 Å². The van der Waals surface area contributed by atoms with Crippen molar-refractivity contribution in [2.75, 3.05) is 14.2 Å². The van der Waals surface area contributed by atoms with Crippen LogP contribution in [-0.4, -0.2) is 26.0 Å². The molecule has 5 heteroatoms.